The number of thiazole rings is 1. The summed E-state index contributed by atoms with van der Waals surface area (Å²) in [6.45, 7) is 11.1. The van der Waals surface area contributed by atoms with Crippen LogP contribution in [0.5, 0.6) is 0 Å². The largest absolute Gasteiger partial charge is 0.444 e. The van der Waals surface area contributed by atoms with Crippen molar-refractivity contribution in [3.63, 3.8) is 0 Å². The van der Waals surface area contributed by atoms with Gasteiger partial charge in [0.15, 0.2) is 0 Å². The summed E-state index contributed by atoms with van der Waals surface area (Å²) in [6.07, 6.45) is 1.25. The fourth-order valence-electron chi connectivity index (χ4n) is 2.90. The minimum Gasteiger partial charge on any atom is -0.444 e. The SMILES string of the molecule is Cc1nc(CN(Cc2scnc2C)C[C@H]2CCNC2)oc1C. The molecule has 0 saturated carbocycles. The van der Waals surface area contributed by atoms with E-state index in [1.165, 1.54) is 11.3 Å². The van der Waals surface area contributed by atoms with Crippen molar-refractivity contribution in [2.75, 3.05) is 19.6 Å². The Morgan fingerprint density at radius 3 is 2.77 bits per heavy atom. The van der Waals surface area contributed by atoms with Crippen molar-refractivity contribution in [3.8, 4) is 0 Å². The molecule has 0 radical (unpaired) electrons. The minimum atomic E-state index is 0.713. The Kier molecular flexibility index (Phi) is 4.90. The molecule has 2 aromatic heterocycles. The molecule has 6 heteroatoms. The molecule has 0 bridgehead atoms. The predicted molar refractivity (Wildman–Crippen MR) is 87.9 cm³/mol. The van der Waals surface area contributed by atoms with Gasteiger partial charge in [-0.1, -0.05) is 0 Å². The first-order valence-electron chi connectivity index (χ1n) is 7.86. The molecule has 1 saturated heterocycles. The molecule has 0 unspecified atom stereocenters. The Bertz CT molecular complexity index is 596. The third-order valence-electron chi connectivity index (χ3n) is 4.32. The third-order valence-corrected chi connectivity index (χ3v) is 5.24. The van der Waals surface area contributed by atoms with Gasteiger partial charge in [0.1, 0.15) is 5.76 Å². The molecule has 1 aliphatic heterocycles. The molecule has 1 atom stereocenters. The van der Waals surface area contributed by atoms with E-state index in [4.69, 9.17) is 4.42 Å². The molecule has 0 amide bonds. The van der Waals surface area contributed by atoms with Gasteiger partial charge in [-0.2, -0.15) is 0 Å². The Morgan fingerprint density at radius 2 is 2.18 bits per heavy atom. The van der Waals surface area contributed by atoms with Gasteiger partial charge >= 0.3 is 0 Å². The van der Waals surface area contributed by atoms with Crippen molar-refractivity contribution in [3.05, 3.63) is 33.4 Å². The lowest BCUT2D eigenvalue weighted by atomic mass is 10.1. The molecule has 0 spiro atoms. The molecule has 5 nitrogen and oxygen atoms in total. The smallest absolute Gasteiger partial charge is 0.208 e. The fraction of sp³-hybridized carbons (Fsp3) is 0.625. The molecule has 22 heavy (non-hydrogen) atoms. The zero-order chi connectivity index (χ0) is 15.5. The first-order chi connectivity index (χ1) is 10.6. The summed E-state index contributed by atoms with van der Waals surface area (Å²) in [6, 6.07) is 0. The van der Waals surface area contributed by atoms with Crippen LogP contribution < -0.4 is 5.32 Å². The van der Waals surface area contributed by atoms with Crippen LogP contribution in [-0.4, -0.2) is 34.5 Å². The van der Waals surface area contributed by atoms with E-state index in [2.05, 4.69) is 27.1 Å². The van der Waals surface area contributed by atoms with Crippen molar-refractivity contribution >= 4 is 11.3 Å². The van der Waals surface area contributed by atoms with Crippen molar-refractivity contribution < 1.29 is 4.42 Å². The highest BCUT2D eigenvalue weighted by atomic mass is 32.1. The highest BCUT2D eigenvalue weighted by Crippen LogP contribution is 2.20. The molecular weight excluding hydrogens is 296 g/mol. The molecule has 0 aromatic carbocycles. The second kappa shape index (κ2) is 6.89. The van der Waals surface area contributed by atoms with E-state index in [1.807, 2.05) is 19.4 Å². The highest BCUT2D eigenvalue weighted by Gasteiger charge is 2.21. The van der Waals surface area contributed by atoms with Crippen LogP contribution in [0.3, 0.4) is 0 Å². The van der Waals surface area contributed by atoms with Gasteiger partial charge in [0.05, 0.1) is 23.4 Å². The van der Waals surface area contributed by atoms with E-state index in [-0.39, 0.29) is 0 Å². The van der Waals surface area contributed by atoms with Crippen molar-refractivity contribution in [2.45, 2.75) is 40.3 Å². The second-order valence-corrected chi connectivity index (χ2v) is 7.08. The summed E-state index contributed by atoms with van der Waals surface area (Å²) < 4.78 is 5.78. The standard InChI is InChI=1S/C16H24N4OS/c1-11-13(3)21-16(19-11)9-20(7-14-4-5-17-6-14)8-15-12(2)18-10-22-15/h10,14,17H,4-9H2,1-3H3/t14-/m0/s1. The molecule has 0 aliphatic carbocycles. The van der Waals surface area contributed by atoms with E-state index in [0.29, 0.717) is 5.92 Å². The lowest BCUT2D eigenvalue weighted by Crippen LogP contribution is -2.30. The van der Waals surface area contributed by atoms with Gasteiger partial charge in [-0.25, -0.2) is 9.97 Å². The first-order valence-corrected chi connectivity index (χ1v) is 8.74. The molecule has 1 N–H and O–H groups in total. The molecule has 1 aliphatic rings. The van der Waals surface area contributed by atoms with Gasteiger partial charge < -0.3 is 9.73 Å². The maximum atomic E-state index is 5.78. The van der Waals surface area contributed by atoms with Crippen LogP contribution in [0.1, 0.15) is 34.3 Å². The Hall–Kier alpha value is -1.24. The topological polar surface area (TPSA) is 54.2 Å². The fourth-order valence-corrected chi connectivity index (χ4v) is 3.72. The second-order valence-electron chi connectivity index (χ2n) is 6.14. The summed E-state index contributed by atoms with van der Waals surface area (Å²) in [5, 5.41) is 3.45. The van der Waals surface area contributed by atoms with E-state index < -0.39 is 0 Å². The molecule has 2 aromatic rings. The summed E-state index contributed by atoms with van der Waals surface area (Å²) in [5.74, 6) is 2.46. The normalized spacial score (nSPS) is 18.5. The summed E-state index contributed by atoms with van der Waals surface area (Å²) >= 11 is 1.74. The molecule has 3 rings (SSSR count). The van der Waals surface area contributed by atoms with E-state index in [1.54, 1.807) is 11.3 Å². The quantitative estimate of drug-likeness (QED) is 0.887. The number of aryl methyl sites for hydroxylation is 3. The van der Waals surface area contributed by atoms with Crippen LogP contribution in [0, 0.1) is 26.7 Å². The first kappa shape index (κ1) is 15.6. The van der Waals surface area contributed by atoms with Gasteiger partial charge in [-0.3, -0.25) is 4.90 Å². The predicted octanol–water partition coefficient (Wildman–Crippen LogP) is 2.67. The lowest BCUT2D eigenvalue weighted by Gasteiger charge is -2.23. The average molecular weight is 320 g/mol. The molecule has 1 fully saturated rings. The number of oxazole rings is 1. The monoisotopic (exact) mass is 320 g/mol. The summed E-state index contributed by atoms with van der Waals surface area (Å²) in [7, 11) is 0. The zero-order valence-electron chi connectivity index (χ0n) is 13.6. The minimum absolute atomic E-state index is 0.713. The van der Waals surface area contributed by atoms with E-state index >= 15 is 0 Å². The van der Waals surface area contributed by atoms with E-state index in [9.17, 15) is 0 Å². The van der Waals surface area contributed by atoms with Crippen LogP contribution in [-0.2, 0) is 13.1 Å². The van der Waals surface area contributed by atoms with Crippen LogP contribution in [0.15, 0.2) is 9.93 Å². The molecular formula is C16H24N4OS. The van der Waals surface area contributed by atoms with Gasteiger partial charge in [0.25, 0.3) is 0 Å². The van der Waals surface area contributed by atoms with Crippen molar-refractivity contribution in [1.29, 1.82) is 0 Å². The van der Waals surface area contributed by atoms with Crippen molar-refractivity contribution in [1.82, 2.24) is 20.2 Å². The maximum Gasteiger partial charge on any atom is 0.208 e. The van der Waals surface area contributed by atoms with Gasteiger partial charge in [-0.05, 0) is 46.2 Å². The van der Waals surface area contributed by atoms with Crippen LogP contribution in [0.25, 0.3) is 0 Å². The number of hydrogen-bond donors (Lipinski definition) is 1. The van der Waals surface area contributed by atoms with Crippen LogP contribution in [0.2, 0.25) is 0 Å². The van der Waals surface area contributed by atoms with Crippen molar-refractivity contribution in [2.24, 2.45) is 5.92 Å². The van der Waals surface area contributed by atoms with Crippen LogP contribution >= 0.6 is 11.3 Å². The number of aromatic nitrogens is 2. The lowest BCUT2D eigenvalue weighted by molar-refractivity contribution is 0.201. The van der Waals surface area contributed by atoms with Gasteiger partial charge in [0.2, 0.25) is 5.89 Å². The average Bonchev–Trinajstić information content (AvgIpc) is 3.17. The number of hydrogen-bond acceptors (Lipinski definition) is 6. The van der Waals surface area contributed by atoms with E-state index in [0.717, 1.165) is 55.8 Å². The summed E-state index contributed by atoms with van der Waals surface area (Å²) in [5.41, 5.74) is 4.06. The van der Waals surface area contributed by atoms with Crippen LogP contribution in [0.4, 0.5) is 0 Å². The number of nitrogens with one attached hydrogen (secondary N) is 1. The molecule has 3 heterocycles. The summed E-state index contributed by atoms with van der Waals surface area (Å²) in [4.78, 5) is 12.7. The number of nitrogens with zero attached hydrogens (tertiary/aromatic N) is 3. The van der Waals surface area contributed by atoms with Gasteiger partial charge in [-0.15, -0.1) is 11.3 Å². The highest BCUT2D eigenvalue weighted by molar-refractivity contribution is 7.09. The Morgan fingerprint density at radius 1 is 1.32 bits per heavy atom. The zero-order valence-corrected chi connectivity index (χ0v) is 14.4. The third kappa shape index (κ3) is 3.74. The number of rotatable bonds is 6. The van der Waals surface area contributed by atoms with Gasteiger partial charge in [0, 0.05) is 18.0 Å². The Labute approximate surface area is 135 Å². The Balaban J connectivity index is 1.71. The maximum absolute atomic E-state index is 5.78. The molecule has 120 valence electrons.